The van der Waals surface area contributed by atoms with Crippen LogP contribution in [0.3, 0.4) is 0 Å². The Morgan fingerprint density at radius 1 is 0.692 bits per heavy atom. The van der Waals surface area contributed by atoms with Crippen molar-refractivity contribution in [1.29, 1.82) is 0 Å². The summed E-state index contributed by atoms with van der Waals surface area (Å²) >= 11 is 0. The molecular formula is C20H11N2Na3O11S3. The summed E-state index contributed by atoms with van der Waals surface area (Å²) in [6, 6.07) is 9.42. The van der Waals surface area contributed by atoms with Gasteiger partial charge in [-0.2, -0.15) is 16.8 Å². The molecule has 2 N–H and O–H groups in total. The van der Waals surface area contributed by atoms with E-state index >= 15 is 0 Å². The van der Waals surface area contributed by atoms with Crippen LogP contribution in [0.1, 0.15) is 0 Å². The van der Waals surface area contributed by atoms with Crippen molar-refractivity contribution in [2.75, 3.05) is 0 Å². The molecule has 4 aromatic rings. The quantitative estimate of drug-likeness (QED) is 0.121. The second kappa shape index (κ2) is 13.1. The van der Waals surface area contributed by atoms with Crippen molar-refractivity contribution in [1.82, 2.24) is 0 Å². The third-order valence-corrected chi connectivity index (χ3v) is 7.62. The number of hydrogen-bond acceptors (Lipinski definition) is 11. The molecule has 0 saturated heterocycles. The van der Waals surface area contributed by atoms with Gasteiger partial charge in [0.25, 0.3) is 20.2 Å². The van der Waals surface area contributed by atoms with Gasteiger partial charge in [0, 0.05) is 10.8 Å². The van der Waals surface area contributed by atoms with Crippen molar-refractivity contribution in [3.8, 4) is 11.5 Å². The third-order valence-electron chi connectivity index (χ3n) is 5.03. The summed E-state index contributed by atoms with van der Waals surface area (Å²) in [5.41, 5.74) is -1.07. The van der Waals surface area contributed by atoms with E-state index in [9.17, 15) is 49.1 Å². The topological polar surface area (TPSA) is 237 Å². The zero-order valence-corrected chi connectivity index (χ0v) is 28.8. The van der Waals surface area contributed by atoms with Gasteiger partial charge in [0.05, 0.1) is 16.3 Å². The van der Waals surface area contributed by atoms with E-state index in [1.165, 1.54) is 24.3 Å². The van der Waals surface area contributed by atoms with E-state index in [2.05, 4.69) is 10.2 Å². The summed E-state index contributed by atoms with van der Waals surface area (Å²) in [6.07, 6.45) is 0. The Bertz CT molecular complexity index is 1950. The Kier molecular flexibility index (Phi) is 12.2. The van der Waals surface area contributed by atoms with Crippen molar-refractivity contribution in [3.63, 3.8) is 0 Å². The first-order chi connectivity index (χ1) is 16.6. The minimum Gasteiger partial charge on any atom is -0.872 e. The van der Waals surface area contributed by atoms with E-state index in [1.807, 2.05) is 0 Å². The Hall–Kier alpha value is -0.670. The molecule has 0 aliphatic heterocycles. The average Bonchev–Trinajstić information content (AvgIpc) is 2.75. The summed E-state index contributed by atoms with van der Waals surface area (Å²) in [4.78, 5) is -2.59. The van der Waals surface area contributed by atoms with Crippen molar-refractivity contribution in [2.45, 2.75) is 14.7 Å². The summed E-state index contributed by atoms with van der Waals surface area (Å²) < 4.78 is 100. The number of rotatable bonds is 5. The molecule has 0 radical (unpaired) electrons. The number of nitrogens with zero attached hydrogens (tertiary/aromatic N) is 2. The second-order valence-electron chi connectivity index (χ2n) is 7.30. The molecular weight excluding hydrogens is 609 g/mol. The van der Waals surface area contributed by atoms with E-state index in [1.54, 1.807) is 0 Å². The van der Waals surface area contributed by atoms with Gasteiger partial charge >= 0.3 is 88.7 Å². The largest absolute Gasteiger partial charge is 1.00 e. The van der Waals surface area contributed by atoms with E-state index in [0.717, 1.165) is 12.1 Å². The molecule has 188 valence electrons. The maximum Gasteiger partial charge on any atom is 1.00 e. The van der Waals surface area contributed by atoms with Crippen molar-refractivity contribution in [3.05, 3.63) is 54.6 Å². The SMILES string of the molecule is O=S(=O)([O-])c1cc([O-])c2c([O-])c(N=Nc3ccc(S(=O)(=O)O)c4ccccc34)c(S(=O)(=O)O)cc2c1.[Na+].[Na+].[Na+]. The molecule has 0 aliphatic carbocycles. The molecule has 0 unspecified atom stereocenters. The number of azo groups is 1. The van der Waals surface area contributed by atoms with Crippen LogP contribution in [0.4, 0.5) is 11.4 Å². The standard InChI is InChI=1S/C20H14N2O11S3.3Na/c23-15-9-11(34(25,26)27)7-10-8-17(36(31,32)33)19(20(24)18(10)15)22-21-14-5-6-16(35(28,29)30)13-4-2-1-3-12(13)14;;;/h1-9,23-24H,(H,25,26,27)(H,28,29,30)(H,31,32,33);;;/q;3*+1/p-3. The molecule has 0 heterocycles. The number of fused-ring (bicyclic) bond motifs is 2. The van der Waals surface area contributed by atoms with E-state index < -0.39 is 73.0 Å². The summed E-state index contributed by atoms with van der Waals surface area (Å²) in [7, 11) is -14.9. The normalized spacial score (nSPS) is 12.1. The van der Waals surface area contributed by atoms with Crippen LogP contribution in [0.2, 0.25) is 0 Å². The van der Waals surface area contributed by atoms with Gasteiger partial charge in [-0.25, -0.2) is 8.42 Å². The Balaban J connectivity index is 0.00000253. The first-order valence-corrected chi connectivity index (χ1v) is 13.7. The number of hydrogen-bond donors (Lipinski definition) is 2. The van der Waals surface area contributed by atoms with Gasteiger partial charge in [0.2, 0.25) is 0 Å². The summed E-state index contributed by atoms with van der Waals surface area (Å²) in [5, 5.41) is 31.6. The van der Waals surface area contributed by atoms with Crippen molar-refractivity contribution in [2.24, 2.45) is 10.2 Å². The van der Waals surface area contributed by atoms with Gasteiger partial charge in [0.1, 0.15) is 19.9 Å². The van der Waals surface area contributed by atoms with Crippen LogP contribution < -0.4 is 98.9 Å². The monoisotopic (exact) mass is 620 g/mol. The molecule has 4 rings (SSSR count). The molecule has 39 heavy (non-hydrogen) atoms. The maximum absolute atomic E-state index is 13.0. The summed E-state index contributed by atoms with van der Waals surface area (Å²) in [6.45, 7) is 0. The molecule has 0 aliphatic rings. The smallest absolute Gasteiger partial charge is 0.872 e. The van der Waals surface area contributed by atoms with Crippen LogP contribution in [0.5, 0.6) is 11.5 Å². The van der Waals surface area contributed by atoms with Crippen LogP contribution in [-0.4, -0.2) is 38.9 Å². The van der Waals surface area contributed by atoms with Crippen LogP contribution in [0.15, 0.2) is 79.5 Å². The van der Waals surface area contributed by atoms with Gasteiger partial charge < -0.3 is 14.8 Å². The molecule has 0 saturated carbocycles. The molecule has 13 nitrogen and oxygen atoms in total. The fourth-order valence-corrected chi connectivity index (χ4v) is 5.39. The zero-order chi connectivity index (χ0) is 26.6. The predicted octanol–water partition coefficient (Wildman–Crippen LogP) is -7.03. The number of benzene rings is 4. The Morgan fingerprint density at radius 3 is 1.79 bits per heavy atom. The minimum absolute atomic E-state index is 0. The zero-order valence-electron chi connectivity index (χ0n) is 20.4. The van der Waals surface area contributed by atoms with Crippen LogP contribution in [-0.2, 0) is 30.4 Å². The summed E-state index contributed by atoms with van der Waals surface area (Å²) in [5.74, 6) is -2.55. The third kappa shape index (κ3) is 7.59. The average molecular weight is 620 g/mol. The molecule has 0 fully saturated rings. The second-order valence-corrected chi connectivity index (χ2v) is 11.5. The van der Waals surface area contributed by atoms with E-state index in [-0.39, 0.29) is 105 Å². The first kappa shape index (κ1) is 36.4. The molecule has 0 atom stereocenters. The van der Waals surface area contributed by atoms with Gasteiger partial charge in [-0.3, -0.25) is 9.11 Å². The Morgan fingerprint density at radius 2 is 1.26 bits per heavy atom. The van der Waals surface area contributed by atoms with Crippen LogP contribution in [0, 0.1) is 0 Å². The van der Waals surface area contributed by atoms with Gasteiger partial charge in [-0.05, 0) is 35.0 Å². The van der Waals surface area contributed by atoms with Gasteiger partial charge in [-0.1, -0.05) is 36.1 Å². The maximum atomic E-state index is 13.0. The molecule has 4 aromatic carbocycles. The molecule has 0 aromatic heterocycles. The first-order valence-electron chi connectivity index (χ1n) is 9.42. The predicted molar refractivity (Wildman–Crippen MR) is 119 cm³/mol. The van der Waals surface area contributed by atoms with Crippen LogP contribution in [0.25, 0.3) is 21.5 Å². The molecule has 19 heteroatoms. The van der Waals surface area contributed by atoms with Crippen molar-refractivity contribution >= 4 is 63.3 Å². The minimum atomic E-state index is -5.18. The van der Waals surface area contributed by atoms with Crippen molar-refractivity contribution < 1.29 is 138 Å². The van der Waals surface area contributed by atoms with E-state index in [4.69, 9.17) is 0 Å². The fourth-order valence-electron chi connectivity index (χ4n) is 3.51. The molecule has 0 amide bonds. The molecule has 0 bridgehead atoms. The molecule has 0 spiro atoms. The van der Waals surface area contributed by atoms with E-state index in [0.29, 0.717) is 18.2 Å². The van der Waals surface area contributed by atoms with Gasteiger partial charge in [-0.15, -0.1) is 16.0 Å². The Labute approximate surface area is 288 Å². The fraction of sp³-hybridized carbons (Fsp3) is 0. The van der Waals surface area contributed by atoms with Gasteiger partial charge in [0.15, 0.2) is 0 Å². The van der Waals surface area contributed by atoms with Crippen LogP contribution >= 0.6 is 0 Å².